The minimum atomic E-state index is -0.254. The number of halogens is 1. The van der Waals surface area contributed by atoms with Crippen LogP contribution in [0, 0.1) is 0 Å². The molecule has 1 aliphatic rings. The van der Waals surface area contributed by atoms with Crippen LogP contribution < -0.4 is 4.74 Å². The number of fused-ring (bicyclic) bond motifs is 1. The predicted molar refractivity (Wildman–Crippen MR) is 144 cm³/mol. The lowest BCUT2D eigenvalue weighted by Crippen LogP contribution is -2.27. The number of para-hydroxylation sites is 2. The number of carbonyl (C=O) groups excluding carboxylic acids is 2. The number of amides is 2. The standard InChI is InChI=1S/C28H23BrN2O3S/c29-22-13-11-20(12-14-22)18-31-27(32)26(35-28(31)33)17-21-19-30(25-10-5-4-9-24(21)25)15-6-16-34-23-7-2-1-3-8-23/h1-5,7-14,17,19H,6,15-16,18H2/b26-17-. The molecule has 0 unspecified atom stereocenters. The second kappa shape index (κ2) is 10.5. The smallest absolute Gasteiger partial charge is 0.293 e. The maximum atomic E-state index is 13.1. The monoisotopic (exact) mass is 546 g/mol. The molecule has 176 valence electrons. The van der Waals surface area contributed by atoms with Gasteiger partial charge in [-0.25, -0.2) is 0 Å². The van der Waals surface area contributed by atoms with E-state index < -0.39 is 0 Å². The molecular formula is C28H23BrN2O3S. The fraction of sp³-hybridized carbons (Fsp3) is 0.143. The topological polar surface area (TPSA) is 51.5 Å². The van der Waals surface area contributed by atoms with E-state index in [-0.39, 0.29) is 17.7 Å². The van der Waals surface area contributed by atoms with Crippen LogP contribution in [-0.4, -0.2) is 27.2 Å². The number of hydrogen-bond donors (Lipinski definition) is 0. The summed E-state index contributed by atoms with van der Waals surface area (Å²) in [5.41, 5.74) is 2.93. The first-order chi connectivity index (χ1) is 17.1. The van der Waals surface area contributed by atoms with Crippen LogP contribution in [0.5, 0.6) is 5.75 Å². The highest BCUT2D eigenvalue weighted by Gasteiger charge is 2.35. The van der Waals surface area contributed by atoms with Gasteiger partial charge in [0, 0.05) is 33.7 Å². The average Bonchev–Trinajstić information content (AvgIpc) is 3.36. The number of aryl methyl sites for hydroxylation is 1. The normalized spacial score (nSPS) is 14.9. The van der Waals surface area contributed by atoms with Crippen molar-refractivity contribution in [1.29, 1.82) is 0 Å². The van der Waals surface area contributed by atoms with Crippen LogP contribution in [0.4, 0.5) is 4.79 Å². The van der Waals surface area contributed by atoms with E-state index in [4.69, 9.17) is 4.74 Å². The number of ether oxygens (including phenoxy) is 1. The number of rotatable bonds is 8. The Bertz CT molecular complexity index is 1400. The summed E-state index contributed by atoms with van der Waals surface area (Å²) in [5.74, 6) is 0.612. The molecule has 2 heterocycles. The summed E-state index contributed by atoms with van der Waals surface area (Å²) in [6, 6.07) is 25.5. The van der Waals surface area contributed by atoms with E-state index in [9.17, 15) is 9.59 Å². The van der Waals surface area contributed by atoms with Gasteiger partial charge in [-0.3, -0.25) is 14.5 Å². The second-order valence-electron chi connectivity index (χ2n) is 8.20. The van der Waals surface area contributed by atoms with Gasteiger partial charge in [0.05, 0.1) is 18.1 Å². The molecule has 0 atom stereocenters. The Morgan fingerprint density at radius 1 is 0.914 bits per heavy atom. The predicted octanol–water partition coefficient (Wildman–Crippen LogP) is 7.11. The van der Waals surface area contributed by atoms with E-state index in [0.717, 1.165) is 57.0 Å². The number of aromatic nitrogens is 1. The van der Waals surface area contributed by atoms with E-state index in [0.29, 0.717) is 11.5 Å². The molecule has 0 radical (unpaired) electrons. The molecule has 7 heteroatoms. The number of carbonyl (C=O) groups is 2. The minimum Gasteiger partial charge on any atom is -0.494 e. The Labute approximate surface area is 216 Å². The van der Waals surface area contributed by atoms with Gasteiger partial charge in [0.15, 0.2) is 0 Å². The highest BCUT2D eigenvalue weighted by Crippen LogP contribution is 2.35. The van der Waals surface area contributed by atoms with Crippen LogP contribution in [0.1, 0.15) is 17.5 Å². The minimum absolute atomic E-state index is 0.244. The SMILES string of the molecule is O=C1S/C(=C\c2cn(CCCOc3ccccc3)c3ccccc23)C(=O)N1Cc1ccc(Br)cc1. The molecule has 4 aromatic rings. The molecular weight excluding hydrogens is 524 g/mol. The zero-order valence-electron chi connectivity index (χ0n) is 18.9. The van der Waals surface area contributed by atoms with Crippen LogP contribution in [0.2, 0.25) is 0 Å². The Morgan fingerprint density at radius 3 is 2.46 bits per heavy atom. The molecule has 0 N–H and O–H groups in total. The van der Waals surface area contributed by atoms with E-state index in [1.54, 1.807) is 0 Å². The van der Waals surface area contributed by atoms with Gasteiger partial charge in [-0.1, -0.05) is 64.5 Å². The van der Waals surface area contributed by atoms with Gasteiger partial charge in [-0.2, -0.15) is 0 Å². The fourth-order valence-corrected chi connectivity index (χ4v) is 5.16. The molecule has 0 aliphatic carbocycles. The maximum Gasteiger partial charge on any atom is 0.293 e. The lowest BCUT2D eigenvalue weighted by Gasteiger charge is -2.12. The number of nitrogens with zero attached hydrogens (tertiary/aromatic N) is 2. The molecule has 35 heavy (non-hydrogen) atoms. The third-order valence-electron chi connectivity index (χ3n) is 5.79. The van der Waals surface area contributed by atoms with Crippen molar-refractivity contribution in [3.8, 4) is 5.75 Å². The fourth-order valence-electron chi connectivity index (χ4n) is 4.07. The van der Waals surface area contributed by atoms with Gasteiger partial charge >= 0.3 is 0 Å². The van der Waals surface area contributed by atoms with Crippen molar-refractivity contribution >= 4 is 55.8 Å². The summed E-state index contributed by atoms with van der Waals surface area (Å²) in [6.45, 7) is 1.66. The lowest BCUT2D eigenvalue weighted by atomic mass is 10.1. The van der Waals surface area contributed by atoms with Gasteiger partial charge in [0.25, 0.3) is 11.1 Å². The highest BCUT2D eigenvalue weighted by molar-refractivity contribution is 9.10. The summed E-state index contributed by atoms with van der Waals surface area (Å²) < 4.78 is 8.97. The third kappa shape index (κ3) is 5.36. The van der Waals surface area contributed by atoms with Gasteiger partial charge in [0.2, 0.25) is 0 Å². The van der Waals surface area contributed by atoms with Crippen molar-refractivity contribution in [2.24, 2.45) is 0 Å². The summed E-state index contributed by atoms with van der Waals surface area (Å²) in [4.78, 5) is 27.4. The van der Waals surface area contributed by atoms with Crippen molar-refractivity contribution < 1.29 is 14.3 Å². The van der Waals surface area contributed by atoms with Crippen molar-refractivity contribution in [2.75, 3.05) is 6.61 Å². The molecule has 5 rings (SSSR count). The Hall–Kier alpha value is -3.29. The van der Waals surface area contributed by atoms with Gasteiger partial charge in [0.1, 0.15) is 5.75 Å². The Kier molecular flexibility index (Phi) is 7.06. The van der Waals surface area contributed by atoms with Crippen molar-refractivity contribution in [3.63, 3.8) is 0 Å². The summed E-state index contributed by atoms with van der Waals surface area (Å²) in [5, 5.41) is 0.808. The molecule has 0 saturated carbocycles. The first kappa shape index (κ1) is 23.5. The molecule has 3 aromatic carbocycles. The summed E-state index contributed by atoms with van der Waals surface area (Å²) >= 11 is 4.41. The highest BCUT2D eigenvalue weighted by atomic mass is 79.9. The molecule has 1 fully saturated rings. The molecule has 1 aromatic heterocycles. The zero-order valence-corrected chi connectivity index (χ0v) is 21.3. The largest absolute Gasteiger partial charge is 0.494 e. The van der Waals surface area contributed by atoms with Crippen molar-refractivity contribution in [1.82, 2.24) is 9.47 Å². The van der Waals surface area contributed by atoms with Crippen molar-refractivity contribution in [3.05, 3.63) is 106 Å². The first-order valence-electron chi connectivity index (χ1n) is 11.3. The lowest BCUT2D eigenvalue weighted by molar-refractivity contribution is -0.123. The molecule has 2 amide bonds. The average molecular weight is 547 g/mol. The molecule has 1 saturated heterocycles. The molecule has 5 nitrogen and oxygen atoms in total. The third-order valence-corrected chi connectivity index (χ3v) is 7.22. The maximum absolute atomic E-state index is 13.1. The quantitative estimate of drug-likeness (QED) is 0.174. The Morgan fingerprint density at radius 2 is 1.66 bits per heavy atom. The number of imide groups is 1. The zero-order chi connectivity index (χ0) is 24.2. The van der Waals surface area contributed by atoms with E-state index >= 15 is 0 Å². The van der Waals surface area contributed by atoms with Crippen LogP contribution in [0.15, 0.2) is 94.4 Å². The van der Waals surface area contributed by atoms with Crippen LogP contribution in [0.25, 0.3) is 17.0 Å². The van der Waals surface area contributed by atoms with E-state index in [1.165, 1.54) is 4.90 Å². The van der Waals surface area contributed by atoms with E-state index in [2.05, 4.69) is 32.8 Å². The van der Waals surface area contributed by atoms with Crippen LogP contribution in [-0.2, 0) is 17.9 Å². The molecule has 0 spiro atoms. The van der Waals surface area contributed by atoms with Gasteiger partial charge in [-0.15, -0.1) is 0 Å². The van der Waals surface area contributed by atoms with Gasteiger partial charge in [-0.05, 0) is 60.2 Å². The summed E-state index contributed by atoms with van der Waals surface area (Å²) in [6.07, 6.45) is 4.73. The first-order valence-corrected chi connectivity index (χ1v) is 12.9. The number of hydrogen-bond acceptors (Lipinski definition) is 4. The number of thioether (sulfide) groups is 1. The van der Waals surface area contributed by atoms with Crippen LogP contribution in [0.3, 0.4) is 0 Å². The molecule has 0 bridgehead atoms. The van der Waals surface area contributed by atoms with Gasteiger partial charge < -0.3 is 9.30 Å². The van der Waals surface area contributed by atoms with Crippen LogP contribution >= 0.6 is 27.7 Å². The number of benzene rings is 3. The van der Waals surface area contributed by atoms with E-state index in [1.807, 2.05) is 78.9 Å². The Balaban J connectivity index is 1.32. The summed E-state index contributed by atoms with van der Waals surface area (Å²) in [7, 11) is 0. The second-order valence-corrected chi connectivity index (χ2v) is 10.1. The van der Waals surface area contributed by atoms with Crippen molar-refractivity contribution in [2.45, 2.75) is 19.5 Å². The molecule has 1 aliphatic heterocycles.